The summed E-state index contributed by atoms with van der Waals surface area (Å²) in [6.07, 6.45) is 3.16. The van der Waals surface area contributed by atoms with Crippen LogP contribution in [0.4, 0.5) is 0 Å². The lowest BCUT2D eigenvalue weighted by Crippen LogP contribution is -2.48. The second-order valence-electron chi connectivity index (χ2n) is 8.61. The summed E-state index contributed by atoms with van der Waals surface area (Å²) in [5.74, 6) is -1.56. The molecule has 11 heteroatoms. The molecule has 2 aromatic rings. The van der Waals surface area contributed by atoms with Crippen molar-refractivity contribution in [1.82, 2.24) is 4.90 Å². The summed E-state index contributed by atoms with van der Waals surface area (Å²) in [5, 5.41) is 7.43. The van der Waals surface area contributed by atoms with Gasteiger partial charge in [0.15, 0.2) is 0 Å². The molecule has 0 aliphatic rings. The fraction of sp³-hybridized carbons (Fsp3) is 0.300. The predicted octanol–water partition coefficient (Wildman–Crippen LogP) is 3.84. The third-order valence-corrected chi connectivity index (χ3v) is 6.56. The Balaban J connectivity index is 2.16. The van der Waals surface area contributed by atoms with Crippen LogP contribution in [0.5, 0.6) is 5.75 Å². The van der Waals surface area contributed by atoms with Crippen molar-refractivity contribution in [2.24, 2.45) is 5.73 Å². The van der Waals surface area contributed by atoms with Crippen LogP contribution in [0.3, 0.4) is 0 Å². The zero-order chi connectivity index (χ0) is 30.4. The number of carbonyl (C=O) groups excluding carboxylic acids is 4. The highest BCUT2D eigenvalue weighted by atomic mass is 32.2. The number of thioether (sulfide) groups is 1. The zero-order valence-electron chi connectivity index (χ0n) is 23.4. The van der Waals surface area contributed by atoms with E-state index in [0.29, 0.717) is 28.0 Å². The number of nitrogens with zero attached hydrogens (tertiary/aromatic N) is 1. The van der Waals surface area contributed by atoms with Gasteiger partial charge in [0.1, 0.15) is 17.6 Å². The van der Waals surface area contributed by atoms with Gasteiger partial charge in [0.25, 0.3) is 5.91 Å². The van der Waals surface area contributed by atoms with Crippen LogP contribution in [0, 0.1) is 5.41 Å². The number of benzene rings is 2. The fourth-order valence-electron chi connectivity index (χ4n) is 3.59. The van der Waals surface area contributed by atoms with Gasteiger partial charge in [-0.3, -0.25) is 15.0 Å². The molecule has 10 nitrogen and oxygen atoms in total. The summed E-state index contributed by atoms with van der Waals surface area (Å²) in [4.78, 5) is 51.9. The molecule has 0 saturated heterocycles. The van der Waals surface area contributed by atoms with Gasteiger partial charge in [0.2, 0.25) is 0 Å². The summed E-state index contributed by atoms with van der Waals surface area (Å²) in [7, 11) is 0. The number of hydrogen-bond donors (Lipinski definition) is 2. The normalized spacial score (nSPS) is 11.6. The molecule has 0 spiro atoms. The minimum Gasteiger partial charge on any atom is -0.465 e. The van der Waals surface area contributed by atoms with Gasteiger partial charge >= 0.3 is 17.9 Å². The highest BCUT2D eigenvalue weighted by molar-refractivity contribution is 8.00. The van der Waals surface area contributed by atoms with Gasteiger partial charge in [-0.25, -0.2) is 9.59 Å². The maximum absolute atomic E-state index is 13.4. The van der Waals surface area contributed by atoms with E-state index in [-0.39, 0.29) is 37.1 Å². The average molecular weight is 582 g/mol. The van der Waals surface area contributed by atoms with E-state index in [4.69, 9.17) is 25.4 Å². The Labute approximate surface area is 244 Å². The molecular formula is C30H35N3O7S. The Morgan fingerprint density at radius 3 is 2.17 bits per heavy atom. The molecule has 0 aliphatic carbocycles. The van der Waals surface area contributed by atoms with Crippen molar-refractivity contribution in [3.05, 3.63) is 83.4 Å². The van der Waals surface area contributed by atoms with Gasteiger partial charge in [-0.05, 0) is 68.8 Å². The second-order valence-corrected chi connectivity index (χ2v) is 9.64. The first kappa shape index (κ1) is 32.8. The molecule has 0 heterocycles. The van der Waals surface area contributed by atoms with Crippen LogP contribution in [0.1, 0.15) is 42.3 Å². The van der Waals surface area contributed by atoms with Crippen LogP contribution in [0.2, 0.25) is 0 Å². The minimum absolute atomic E-state index is 0.0349. The summed E-state index contributed by atoms with van der Waals surface area (Å²) in [6.45, 7) is 9.20. The Morgan fingerprint density at radius 1 is 1.00 bits per heavy atom. The van der Waals surface area contributed by atoms with Crippen molar-refractivity contribution in [3.8, 4) is 5.75 Å². The second kappa shape index (κ2) is 16.7. The van der Waals surface area contributed by atoms with E-state index in [1.54, 1.807) is 75.4 Å². The van der Waals surface area contributed by atoms with Gasteiger partial charge < -0.3 is 24.8 Å². The van der Waals surface area contributed by atoms with Crippen molar-refractivity contribution in [2.45, 2.75) is 26.8 Å². The Bertz CT molecular complexity index is 1270. The molecule has 2 rings (SSSR count). The van der Waals surface area contributed by atoms with E-state index in [0.717, 1.165) is 0 Å². The first-order chi connectivity index (χ1) is 19.6. The number of nitrogens with one attached hydrogen (secondary N) is 1. The molecule has 0 radical (unpaired) electrons. The summed E-state index contributed by atoms with van der Waals surface area (Å²) in [5.41, 5.74) is 7.26. The highest BCUT2D eigenvalue weighted by Crippen LogP contribution is 2.18. The number of esters is 3. The minimum atomic E-state index is -0.940. The third-order valence-electron chi connectivity index (χ3n) is 5.57. The van der Waals surface area contributed by atoms with Crippen LogP contribution in [0.25, 0.3) is 6.08 Å². The van der Waals surface area contributed by atoms with Crippen molar-refractivity contribution >= 4 is 47.5 Å². The van der Waals surface area contributed by atoms with E-state index in [1.165, 1.54) is 22.7 Å². The number of nitrogen functional groups attached to an aromatic ring is 1. The fourth-order valence-corrected chi connectivity index (χ4v) is 4.50. The van der Waals surface area contributed by atoms with E-state index >= 15 is 0 Å². The Morgan fingerprint density at radius 2 is 1.61 bits per heavy atom. The topological polar surface area (TPSA) is 149 Å². The molecule has 1 amide bonds. The van der Waals surface area contributed by atoms with E-state index in [1.807, 2.05) is 0 Å². The van der Waals surface area contributed by atoms with Crippen LogP contribution < -0.4 is 10.5 Å². The van der Waals surface area contributed by atoms with Gasteiger partial charge in [0, 0.05) is 23.4 Å². The molecule has 2 aromatic carbocycles. The quantitative estimate of drug-likeness (QED) is 0.0799. The summed E-state index contributed by atoms with van der Waals surface area (Å²) < 4.78 is 15.5. The third kappa shape index (κ3) is 10.3. The highest BCUT2D eigenvalue weighted by Gasteiger charge is 2.31. The van der Waals surface area contributed by atoms with Gasteiger partial charge in [-0.15, -0.1) is 18.3 Å². The molecule has 0 aromatic heterocycles. The van der Waals surface area contributed by atoms with Crippen molar-refractivity contribution in [1.29, 1.82) is 5.41 Å². The summed E-state index contributed by atoms with van der Waals surface area (Å²) >= 11 is 1.18. The molecule has 3 N–H and O–H groups in total. The number of carbonyl (C=O) groups is 4. The molecule has 0 fully saturated rings. The molecule has 0 saturated carbocycles. The molecule has 1 atom stereocenters. The molecule has 0 bridgehead atoms. The smallest absolute Gasteiger partial charge is 0.343 e. The van der Waals surface area contributed by atoms with Crippen molar-refractivity contribution < 1.29 is 33.4 Å². The van der Waals surface area contributed by atoms with Gasteiger partial charge in [-0.2, -0.15) is 0 Å². The lowest BCUT2D eigenvalue weighted by molar-refractivity contribution is -0.152. The monoisotopic (exact) mass is 581 g/mol. The predicted molar refractivity (Wildman–Crippen MR) is 159 cm³/mol. The number of nitrogens with two attached hydrogens (primary N) is 1. The number of ether oxygens (including phenoxy) is 3. The first-order valence-electron chi connectivity index (χ1n) is 12.9. The molecular weight excluding hydrogens is 546 g/mol. The first-order valence-corrected chi connectivity index (χ1v) is 14.0. The maximum atomic E-state index is 13.4. The number of amidine groups is 1. The van der Waals surface area contributed by atoms with Crippen LogP contribution in [-0.2, 0) is 23.9 Å². The molecule has 41 heavy (non-hydrogen) atoms. The zero-order valence-corrected chi connectivity index (χ0v) is 24.2. The van der Waals surface area contributed by atoms with Crippen molar-refractivity contribution in [3.63, 3.8) is 0 Å². The Hall–Kier alpha value is -4.38. The van der Waals surface area contributed by atoms with E-state index < -0.39 is 29.9 Å². The van der Waals surface area contributed by atoms with Gasteiger partial charge in [-0.1, -0.05) is 18.2 Å². The van der Waals surface area contributed by atoms with Crippen LogP contribution in [-0.4, -0.2) is 71.9 Å². The molecule has 218 valence electrons. The Kier molecular flexibility index (Phi) is 13.3. The van der Waals surface area contributed by atoms with Crippen LogP contribution in [0.15, 0.2) is 66.8 Å². The number of amides is 1. The van der Waals surface area contributed by atoms with Crippen molar-refractivity contribution in [2.75, 3.05) is 31.3 Å². The largest absolute Gasteiger partial charge is 0.465 e. The van der Waals surface area contributed by atoms with Crippen LogP contribution >= 0.6 is 11.8 Å². The average Bonchev–Trinajstić information content (AvgIpc) is 2.95. The lowest BCUT2D eigenvalue weighted by Gasteiger charge is -2.29. The van der Waals surface area contributed by atoms with E-state index in [9.17, 15) is 19.2 Å². The van der Waals surface area contributed by atoms with Gasteiger partial charge in [0.05, 0.1) is 24.5 Å². The standard InChI is InChI=1S/C30H35N3O7S/c1-5-16-33(25(30(37)39-7-3)18-41-19-26(34)38-6-2)28(35)20(4)17-21-8-10-23(11-9-21)29(36)40-24-14-12-22(13-15-24)27(31)32/h5,8-15,17,25H,1,6-7,16,18-19H2,2-4H3,(H3,31,32)/t25-/m0/s1. The number of rotatable bonds is 15. The maximum Gasteiger partial charge on any atom is 0.343 e. The molecule has 0 aliphatic heterocycles. The number of hydrogen-bond acceptors (Lipinski definition) is 9. The van der Waals surface area contributed by atoms with E-state index in [2.05, 4.69) is 6.58 Å². The lowest BCUT2D eigenvalue weighted by atomic mass is 10.1. The summed E-state index contributed by atoms with van der Waals surface area (Å²) in [6, 6.07) is 11.8. The SMILES string of the molecule is C=CCN(C(=O)C(C)=Cc1ccc(C(=O)Oc2ccc(C(=N)N)cc2)cc1)[C@@H](CSCC(=O)OCC)C(=O)OCC. The molecule has 0 unspecified atom stereocenters.